The van der Waals surface area contributed by atoms with Gasteiger partial charge in [0.25, 0.3) is 5.56 Å². The average molecular weight is 324 g/mol. The highest BCUT2D eigenvalue weighted by molar-refractivity contribution is 7.20. The third-order valence-corrected chi connectivity index (χ3v) is 4.23. The Morgan fingerprint density at radius 3 is 2.55 bits per heavy atom. The van der Waals surface area contributed by atoms with Crippen molar-refractivity contribution in [3.05, 3.63) is 26.6 Å². The smallest absolute Gasteiger partial charge is 0.348 e. The zero-order chi connectivity index (χ0) is 16.6. The van der Waals surface area contributed by atoms with Crippen LogP contribution in [0.1, 0.15) is 34.9 Å². The van der Waals surface area contributed by atoms with Crippen LogP contribution in [0.2, 0.25) is 0 Å². The Labute approximate surface area is 130 Å². The molecule has 1 N–H and O–H groups in total. The number of nitrogens with zero attached hydrogens (tertiary/aromatic N) is 2. The van der Waals surface area contributed by atoms with E-state index < -0.39 is 24.0 Å². The number of rotatable bonds is 4. The third kappa shape index (κ3) is 2.87. The van der Waals surface area contributed by atoms with Crippen molar-refractivity contribution in [2.75, 3.05) is 0 Å². The standard InChI is InChI=1S/C14H16N2O5S/c1-6(2)21-14(20)11-7(3)10-12(22-11)15-8(4)16(13(10)19)5-9(17)18/h6H,5H2,1-4H3,(H,17,18). The molecule has 2 rings (SSSR count). The molecule has 0 amide bonds. The van der Waals surface area contributed by atoms with Gasteiger partial charge in [-0.1, -0.05) is 0 Å². The van der Waals surface area contributed by atoms with Crippen molar-refractivity contribution in [1.29, 1.82) is 0 Å². The normalized spacial score (nSPS) is 11.1. The molecule has 0 aliphatic heterocycles. The van der Waals surface area contributed by atoms with Crippen molar-refractivity contribution in [2.45, 2.75) is 40.3 Å². The van der Waals surface area contributed by atoms with Gasteiger partial charge in [-0.3, -0.25) is 14.2 Å². The van der Waals surface area contributed by atoms with E-state index in [9.17, 15) is 14.4 Å². The van der Waals surface area contributed by atoms with E-state index in [1.54, 1.807) is 27.7 Å². The number of esters is 1. The first-order valence-corrected chi connectivity index (χ1v) is 7.47. The van der Waals surface area contributed by atoms with E-state index in [0.717, 1.165) is 15.9 Å². The molecule has 0 saturated heterocycles. The molecule has 2 aromatic rings. The molecule has 7 nitrogen and oxygen atoms in total. The second-order valence-electron chi connectivity index (χ2n) is 5.13. The number of carboxylic acid groups (broad SMARTS) is 1. The summed E-state index contributed by atoms with van der Waals surface area (Å²) < 4.78 is 6.24. The highest BCUT2D eigenvalue weighted by atomic mass is 32.1. The summed E-state index contributed by atoms with van der Waals surface area (Å²) in [5.74, 6) is -1.33. The summed E-state index contributed by atoms with van der Waals surface area (Å²) in [6, 6.07) is 0. The Hall–Kier alpha value is -2.22. The summed E-state index contributed by atoms with van der Waals surface area (Å²) in [5, 5.41) is 9.16. The lowest BCUT2D eigenvalue weighted by Crippen LogP contribution is -2.27. The van der Waals surface area contributed by atoms with Gasteiger partial charge < -0.3 is 9.84 Å². The molecule has 0 spiro atoms. The maximum absolute atomic E-state index is 12.5. The van der Waals surface area contributed by atoms with Crippen LogP contribution in [0.4, 0.5) is 0 Å². The summed E-state index contributed by atoms with van der Waals surface area (Å²) in [6.07, 6.45) is -0.268. The number of carboxylic acids is 1. The molecular weight excluding hydrogens is 308 g/mol. The number of thiophene rings is 1. The number of aromatic nitrogens is 2. The van der Waals surface area contributed by atoms with E-state index in [1.165, 1.54) is 0 Å². The molecule has 0 saturated carbocycles. The number of carbonyl (C=O) groups is 2. The van der Waals surface area contributed by atoms with Crippen LogP contribution < -0.4 is 5.56 Å². The van der Waals surface area contributed by atoms with Crippen molar-refractivity contribution < 1.29 is 19.4 Å². The molecule has 0 bridgehead atoms. The second-order valence-corrected chi connectivity index (χ2v) is 6.13. The van der Waals surface area contributed by atoms with Gasteiger partial charge >= 0.3 is 11.9 Å². The molecule has 22 heavy (non-hydrogen) atoms. The van der Waals surface area contributed by atoms with Crippen LogP contribution in [0.15, 0.2) is 4.79 Å². The lowest BCUT2D eigenvalue weighted by Gasteiger charge is -2.07. The Morgan fingerprint density at radius 2 is 2.00 bits per heavy atom. The lowest BCUT2D eigenvalue weighted by molar-refractivity contribution is -0.137. The third-order valence-electron chi connectivity index (χ3n) is 3.06. The molecule has 0 aliphatic carbocycles. The van der Waals surface area contributed by atoms with Gasteiger partial charge in [0.05, 0.1) is 11.5 Å². The van der Waals surface area contributed by atoms with Crippen molar-refractivity contribution in [3.8, 4) is 0 Å². The van der Waals surface area contributed by atoms with Crippen molar-refractivity contribution in [1.82, 2.24) is 9.55 Å². The first-order valence-electron chi connectivity index (χ1n) is 6.65. The molecule has 0 fully saturated rings. The van der Waals surface area contributed by atoms with E-state index in [-0.39, 0.29) is 11.5 Å². The molecule has 2 heterocycles. The number of fused-ring (bicyclic) bond motifs is 1. The van der Waals surface area contributed by atoms with Gasteiger partial charge in [-0.15, -0.1) is 11.3 Å². The monoisotopic (exact) mass is 324 g/mol. The fraction of sp³-hybridized carbons (Fsp3) is 0.429. The largest absolute Gasteiger partial charge is 0.480 e. The molecule has 0 aromatic carbocycles. The summed E-state index contributed by atoms with van der Waals surface area (Å²) in [7, 11) is 0. The van der Waals surface area contributed by atoms with Crippen molar-refractivity contribution in [3.63, 3.8) is 0 Å². The highest BCUT2D eigenvalue weighted by Crippen LogP contribution is 2.28. The number of aliphatic carboxylic acids is 1. The van der Waals surface area contributed by atoms with Gasteiger partial charge in [-0.2, -0.15) is 0 Å². The number of hydrogen-bond acceptors (Lipinski definition) is 6. The second kappa shape index (κ2) is 5.88. The summed E-state index contributed by atoms with van der Waals surface area (Å²) in [6.45, 7) is 6.21. The molecule has 0 unspecified atom stereocenters. The van der Waals surface area contributed by atoms with Gasteiger partial charge in [0, 0.05) is 0 Å². The zero-order valence-corrected chi connectivity index (χ0v) is 13.5. The Bertz CT molecular complexity index is 819. The van der Waals surface area contributed by atoms with Gasteiger partial charge in [-0.05, 0) is 33.3 Å². The van der Waals surface area contributed by atoms with Crippen molar-refractivity contribution in [2.24, 2.45) is 0 Å². The van der Waals surface area contributed by atoms with E-state index in [4.69, 9.17) is 9.84 Å². The van der Waals surface area contributed by atoms with Crippen LogP contribution in [0, 0.1) is 13.8 Å². The molecule has 0 aliphatic rings. The Morgan fingerprint density at radius 1 is 1.36 bits per heavy atom. The fourth-order valence-electron chi connectivity index (χ4n) is 2.10. The van der Waals surface area contributed by atoms with E-state index in [1.807, 2.05) is 0 Å². The van der Waals surface area contributed by atoms with E-state index in [2.05, 4.69) is 4.98 Å². The van der Waals surface area contributed by atoms with Crippen LogP contribution in [-0.2, 0) is 16.1 Å². The van der Waals surface area contributed by atoms with Crippen LogP contribution in [0.5, 0.6) is 0 Å². The van der Waals surface area contributed by atoms with E-state index in [0.29, 0.717) is 21.1 Å². The van der Waals surface area contributed by atoms with Crippen LogP contribution in [-0.4, -0.2) is 32.7 Å². The maximum Gasteiger partial charge on any atom is 0.348 e. The number of ether oxygens (including phenoxy) is 1. The molecule has 2 aromatic heterocycles. The topological polar surface area (TPSA) is 98.5 Å². The number of hydrogen-bond donors (Lipinski definition) is 1. The highest BCUT2D eigenvalue weighted by Gasteiger charge is 2.22. The molecule has 118 valence electrons. The van der Waals surface area contributed by atoms with Gasteiger partial charge in [0.15, 0.2) is 0 Å². The number of aryl methyl sites for hydroxylation is 2. The summed E-state index contributed by atoms with van der Waals surface area (Å²) in [5.41, 5.74) is 0.0181. The Balaban J connectivity index is 2.65. The van der Waals surface area contributed by atoms with Crippen LogP contribution in [0.3, 0.4) is 0 Å². The van der Waals surface area contributed by atoms with Gasteiger partial charge in [0.2, 0.25) is 0 Å². The minimum Gasteiger partial charge on any atom is -0.480 e. The molecule has 0 atom stereocenters. The quantitative estimate of drug-likeness (QED) is 0.860. The van der Waals surface area contributed by atoms with Crippen LogP contribution in [0.25, 0.3) is 10.2 Å². The van der Waals surface area contributed by atoms with Crippen molar-refractivity contribution >= 4 is 33.5 Å². The lowest BCUT2D eigenvalue weighted by atomic mass is 10.2. The zero-order valence-electron chi connectivity index (χ0n) is 12.7. The molecule has 0 radical (unpaired) electrons. The van der Waals surface area contributed by atoms with Crippen LogP contribution >= 0.6 is 11.3 Å². The minimum atomic E-state index is -1.13. The summed E-state index contributed by atoms with van der Waals surface area (Å²) >= 11 is 1.08. The first kappa shape index (κ1) is 16.2. The molecule has 8 heteroatoms. The maximum atomic E-state index is 12.5. The Kier molecular flexibility index (Phi) is 4.32. The predicted molar refractivity (Wildman–Crippen MR) is 81.5 cm³/mol. The number of carbonyl (C=O) groups excluding carboxylic acids is 1. The summed E-state index contributed by atoms with van der Waals surface area (Å²) in [4.78, 5) is 40.4. The fourth-order valence-corrected chi connectivity index (χ4v) is 3.20. The first-order chi connectivity index (χ1) is 10.2. The average Bonchev–Trinajstić information content (AvgIpc) is 2.70. The minimum absolute atomic E-state index is 0.268. The molecular formula is C14H16N2O5S. The predicted octanol–water partition coefficient (Wildman–Crippen LogP) is 1.72. The SMILES string of the molecule is Cc1c(C(=O)OC(C)C)sc2nc(C)n(CC(=O)O)c(=O)c12. The van der Waals surface area contributed by atoms with Gasteiger partial charge in [0.1, 0.15) is 22.1 Å². The van der Waals surface area contributed by atoms with E-state index >= 15 is 0 Å². The van der Waals surface area contributed by atoms with Gasteiger partial charge in [-0.25, -0.2) is 9.78 Å².